The molecule has 0 bridgehead atoms. The molecule has 0 fully saturated rings. The number of benzene rings is 4. The zero-order chi connectivity index (χ0) is 37.9. The number of nitrogens with one attached hydrogen (secondary N) is 2. The molecule has 1 amide bonds. The van der Waals surface area contributed by atoms with Gasteiger partial charge in [0.25, 0.3) is 5.91 Å². The summed E-state index contributed by atoms with van der Waals surface area (Å²) in [6.45, 7) is 0.581. The molecule has 3 heterocycles. The van der Waals surface area contributed by atoms with Crippen LogP contribution in [-0.4, -0.2) is 64.7 Å². The SMILES string of the molecule is COc1ccc(CCn2c(C(=O)NCCc3c[nH]c4ccccc34)c(-c3ccc(OC)c(OC)c3)c3c4cc(OC)c(OC)cc4oc(=O)c32)cc1OC. The van der Waals surface area contributed by atoms with E-state index in [2.05, 4.69) is 16.4 Å². The van der Waals surface area contributed by atoms with E-state index in [-0.39, 0.29) is 29.2 Å². The van der Waals surface area contributed by atoms with Gasteiger partial charge in [0, 0.05) is 52.6 Å². The number of hydrogen-bond acceptors (Lipinski definition) is 9. The summed E-state index contributed by atoms with van der Waals surface area (Å²) in [6.07, 6.45) is 2.98. The smallest absolute Gasteiger partial charge is 0.361 e. The fraction of sp³-hybridized carbons (Fsp3) is 0.238. The highest BCUT2D eigenvalue weighted by Gasteiger charge is 2.29. The Morgan fingerprint density at radius 1 is 0.722 bits per heavy atom. The second kappa shape index (κ2) is 15.2. The lowest BCUT2D eigenvalue weighted by Gasteiger charge is -2.15. The second-order valence-corrected chi connectivity index (χ2v) is 12.6. The van der Waals surface area contributed by atoms with Gasteiger partial charge >= 0.3 is 5.63 Å². The molecule has 0 unspecified atom stereocenters. The highest BCUT2D eigenvalue weighted by Crippen LogP contribution is 2.43. The van der Waals surface area contributed by atoms with Crippen LogP contribution < -0.4 is 39.4 Å². The van der Waals surface area contributed by atoms with Crippen molar-refractivity contribution in [2.24, 2.45) is 0 Å². The number of hydrogen-bond donors (Lipinski definition) is 2. The molecule has 4 aromatic carbocycles. The van der Waals surface area contributed by atoms with Crippen LogP contribution in [0.15, 0.2) is 88.2 Å². The van der Waals surface area contributed by atoms with E-state index in [4.69, 9.17) is 32.8 Å². The minimum atomic E-state index is -0.614. The van der Waals surface area contributed by atoms with Gasteiger partial charge in [-0.05, 0) is 65.9 Å². The average Bonchev–Trinajstić information content (AvgIpc) is 3.78. The number of ether oxygens (including phenoxy) is 6. The van der Waals surface area contributed by atoms with E-state index in [1.165, 1.54) is 14.2 Å². The van der Waals surface area contributed by atoms with Crippen LogP contribution in [0, 0.1) is 0 Å². The summed E-state index contributed by atoms with van der Waals surface area (Å²) < 4.78 is 41.3. The lowest BCUT2D eigenvalue weighted by molar-refractivity contribution is 0.0946. The molecule has 0 spiro atoms. The Hall–Kier alpha value is -6.56. The lowest BCUT2D eigenvalue weighted by atomic mass is 9.98. The van der Waals surface area contributed by atoms with Crippen LogP contribution in [0.2, 0.25) is 0 Å². The van der Waals surface area contributed by atoms with Gasteiger partial charge < -0.3 is 47.7 Å². The fourth-order valence-corrected chi connectivity index (χ4v) is 7.12. The normalized spacial score (nSPS) is 11.2. The van der Waals surface area contributed by atoms with Crippen molar-refractivity contribution < 1.29 is 37.6 Å². The van der Waals surface area contributed by atoms with Gasteiger partial charge in [-0.2, -0.15) is 0 Å². The molecule has 7 rings (SSSR count). The maximum Gasteiger partial charge on any atom is 0.361 e. The molecule has 7 aromatic rings. The van der Waals surface area contributed by atoms with Crippen molar-refractivity contribution >= 4 is 38.7 Å². The first-order chi connectivity index (χ1) is 26.3. The average molecular weight is 732 g/mol. The van der Waals surface area contributed by atoms with Gasteiger partial charge in [0.05, 0.1) is 42.7 Å². The molecule has 0 atom stereocenters. The van der Waals surface area contributed by atoms with E-state index >= 15 is 0 Å². The molecule has 0 aliphatic rings. The maximum atomic E-state index is 14.8. The number of para-hydroxylation sites is 1. The maximum absolute atomic E-state index is 14.8. The first-order valence-electron chi connectivity index (χ1n) is 17.4. The van der Waals surface area contributed by atoms with Gasteiger partial charge in [0.15, 0.2) is 34.5 Å². The summed E-state index contributed by atoms with van der Waals surface area (Å²) in [5.74, 6) is 2.59. The molecular formula is C42H41N3O9. The molecule has 12 nitrogen and oxygen atoms in total. The van der Waals surface area contributed by atoms with Gasteiger partial charge in [-0.3, -0.25) is 4.79 Å². The number of nitrogens with zero attached hydrogens (tertiary/aromatic N) is 1. The number of H-pyrrole nitrogens is 1. The van der Waals surface area contributed by atoms with Gasteiger partial charge in [-0.1, -0.05) is 30.3 Å². The highest BCUT2D eigenvalue weighted by atomic mass is 16.5. The Morgan fingerprint density at radius 3 is 2.09 bits per heavy atom. The van der Waals surface area contributed by atoms with Crippen LogP contribution in [0.1, 0.15) is 21.6 Å². The number of amides is 1. The minimum absolute atomic E-state index is 0.224. The van der Waals surface area contributed by atoms with Crippen molar-refractivity contribution in [3.05, 3.63) is 106 Å². The summed E-state index contributed by atoms with van der Waals surface area (Å²) in [4.78, 5) is 32.3. The van der Waals surface area contributed by atoms with Crippen LogP contribution in [-0.2, 0) is 19.4 Å². The molecule has 3 aromatic heterocycles. The molecule has 0 radical (unpaired) electrons. The van der Waals surface area contributed by atoms with Crippen molar-refractivity contribution in [3.63, 3.8) is 0 Å². The molecule has 0 saturated heterocycles. The quantitative estimate of drug-likeness (QED) is 0.112. The monoisotopic (exact) mass is 731 g/mol. The van der Waals surface area contributed by atoms with Gasteiger partial charge in [-0.15, -0.1) is 0 Å². The standard InChI is InChI=1S/C42H41N3O9/c1-48-30-13-11-24(19-33(30)50-3)16-18-45-39(41(46)43-17-15-26-23-44-29-10-8-7-9-27(26)29)37(25-12-14-31(49-2)34(20-25)51-4)38-28-21-35(52-5)36(53-6)22-32(28)54-42(47)40(38)45/h7-14,19-23,44H,15-18H2,1-6H3,(H,43,46). The second-order valence-electron chi connectivity index (χ2n) is 12.6. The number of aromatic amines is 1. The van der Waals surface area contributed by atoms with Crippen molar-refractivity contribution in [3.8, 4) is 45.6 Å². The first kappa shape index (κ1) is 35.8. The number of fused-ring (bicyclic) bond motifs is 4. The Morgan fingerprint density at radius 2 is 1.37 bits per heavy atom. The van der Waals surface area contributed by atoms with E-state index < -0.39 is 5.63 Å². The summed E-state index contributed by atoms with van der Waals surface area (Å²) >= 11 is 0. The Bertz CT molecular complexity index is 2570. The number of methoxy groups -OCH3 is 6. The molecule has 54 heavy (non-hydrogen) atoms. The minimum Gasteiger partial charge on any atom is -0.493 e. The highest BCUT2D eigenvalue weighted by molar-refractivity contribution is 6.18. The molecule has 0 saturated carbocycles. The molecule has 0 aliphatic carbocycles. The molecule has 12 heteroatoms. The number of carbonyl (C=O) groups is 1. The number of aryl methyl sites for hydroxylation is 2. The summed E-state index contributed by atoms with van der Waals surface area (Å²) in [7, 11) is 9.32. The third kappa shape index (κ3) is 6.40. The third-order valence-electron chi connectivity index (χ3n) is 9.73. The molecule has 278 valence electrons. The van der Waals surface area contributed by atoms with E-state index in [0.29, 0.717) is 75.8 Å². The lowest BCUT2D eigenvalue weighted by Crippen LogP contribution is -2.29. The van der Waals surface area contributed by atoms with Crippen LogP contribution in [0.5, 0.6) is 34.5 Å². The number of rotatable bonds is 14. The van der Waals surface area contributed by atoms with E-state index in [9.17, 15) is 9.59 Å². The Labute approximate surface area is 311 Å². The predicted octanol–water partition coefficient (Wildman–Crippen LogP) is 7.16. The van der Waals surface area contributed by atoms with Gasteiger partial charge in [-0.25, -0.2) is 4.79 Å². The number of aromatic nitrogens is 2. The van der Waals surface area contributed by atoms with Crippen LogP contribution in [0.3, 0.4) is 0 Å². The topological polar surface area (TPSA) is 135 Å². The van der Waals surface area contributed by atoms with E-state index in [0.717, 1.165) is 22.0 Å². The molecular weight excluding hydrogens is 690 g/mol. The zero-order valence-electron chi connectivity index (χ0n) is 31.0. The molecule has 2 N–H and O–H groups in total. The molecule has 0 aliphatic heterocycles. The third-order valence-corrected chi connectivity index (χ3v) is 9.73. The first-order valence-corrected chi connectivity index (χ1v) is 17.4. The fourth-order valence-electron chi connectivity index (χ4n) is 7.12. The van der Waals surface area contributed by atoms with Gasteiger partial charge in [0.2, 0.25) is 0 Å². The summed E-state index contributed by atoms with van der Waals surface area (Å²) in [5, 5.41) is 5.33. The van der Waals surface area contributed by atoms with E-state index in [1.54, 1.807) is 57.3 Å². The van der Waals surface area contributed by atoms with Crippen LogP contribution >= 0.6 is 0 Å². The van der Waals surface area contributed by atoms with Crippen molar-refractivity contribution in [2.45, 2.75) is 19.4 Å². The van der Waals surface area contributed by atoms with Crippen LogP contribution in [0.4, 0.5) is 0 Å². The van der Waals surface area contributed by atoms with Gasteiger partial charge in [0.1, 0.15) is 16.8 Å². The summed E-state index contributed by atoms with van der Waals surface area (Å²) in [6, 6.07) is 22.5. The largest absolute Gasteiger partial charge is 0.493 e. The number of carbonyl (C=O) groups excluding carboxylic acids is 1. The Balaban J connectivity index is 1.45. The summed E-state index contributed by atoms with van der Waals surface area (Å²) in [5.41, 5.74) is 4.33. The van der Waals surface area contributed by atoms with Crippen molar-refractivity contribution in [1.29, 1.82) is 0 Å². The van der Waals surface area contributed by atoms with E-state index in [1.807, 2.05) is 48.7 Å². The predicted molar refractivity (Wildman–Crippen MR) is 207 cm³/mol. The van der Waals surface area contributed by atoms with Crippen molar-refractivity contribution in [1.82, 2.24) is 14.9 Å². The van der Waals surface area contributed by atoms with Crippen LogP contribution in [0.25, 0.3) is 43.9 Å². The van der Waals surface area contributed by atoms with Crippen molar-refractivity contribution in [2.75, 3.05) is 49.2 Å². The Kier molecular flexibility index (Phi) is 10.1. The zero-order valence-corrected chi connectivity index (χ0v) is 31.0.